The van der Waals surface area contributed by atoms with Crippen LogP contribution in [0.2, 0.25) is 0 Å². The van der Waals surface area contributed by atoms with Gasteiger partial charge in [-0.15, -0.1) is 13.2 Å². The molecule has 2 aromatic carbocycles. The van der Waals surface area contributed by atoms with Crippen LogP contribution in [-0.2, 0) is 9.59 Å². The highest BCUT2D eigenvalue weighted by Crippen LogP contribution is 2.44. The lowest BCUT2D eigenvalue weighted by Gasteiger charge is -2.24. The van der Waals surface area contributed by atoms with E-state index >= 15 is 0 Å². The van der Waals surface area contributed by atoms with Crippen molar-refractivity contribution in [3.8, 4) is 5.75 Å². The Morgan fingerprint density at radius 2 is 1.86 bits per heavy atom. The third-order valence-electron chi connectivity index (χ3n) is 5.65. The molecule has 0 radical (unpaired) electrons. The number of nitrogens with zero attached hydrogens (tertiary/aromatic N) is 1. The number of amides is 1. The van der Waals surface area contributed by atoms with E-state index in [2.05, 4.69) is 9.72 Å². The number of aromatic nitrogens is 1. The first kappa shape index (κ1) is 22.3. The smallest absolute Gasteiger partial charge is 0.507 e. The van der Waals surface area contributed by atoms with Crippen LogP contribution in [0.25, 0.3) is 16.7 Å². The molecule has 4 aromatic rings. The van der Waals surface area contributed by atoms with E-state index in [0.29, 0.717) is 22.2 Å². The first-order chi connectivity index (χ1) is 16.6. The van der Waals surface area contributed by atoms with Crippen LogP contribution in [0.1, 0.15) is 23.1 Å². The molecule has 2 N–H and O–H groups in total. The van der Waals surface area contributed by atoms with E-state index in [1.54, 1.807) is 37.3 Å². The van der Waals surface area contributed by atoms with Crippen molar-refractivity contribution in [2.24, 2.45) is 0 Å². The number of alkyl halides is 3. The number of nitrogens with one attached hydrogen (secondary N) is 1. The summed E-state index contributed by atoms with van der Waals surface area (Å²) in [5.41, 5.74) is 0.703. The highest BCUT2D eigenvalue weighted by Gasteiger charge is 2.48. The zero-order valence-corrected chi connectivity index (χ0v) is 18.1. The Morgan fingerprint density at radius 1 is 1.09 bits per heavy atom. The van der Waals surface area contributed by atoms with Crippen molar-refractivity contribution < 1.29 is 37.0 Å². The normalized spacial score (nSPS) is 17.9. The summed E-state index contributed by atoms with van der Waals surface area (Å²) in [6.45, 7) is 1.66. The van der Waals surface area contributed by atoms with Crippen molar-refractivity contribution in [2.45, 2.75) is 19.3 Å². The van der Waals surface area contributed by atoms with Gasteiger partial charge in [-0.25, -0.2) is 0 Å². The zero-order valence-electron chi connectivity index (χ0n) is 18.1. The van der Waals surface area contributed by atoms with Gasteiger partial charge in [-0.1, -0.05) is 24.3 Å². The van der Waals surface area contributed by atoms with E-state index in [0.717, 1.165) is 17.0 Å². The van der Waals surface area contributed by atoms with Crippen LogP contribution in [0.15, 0.2) is 76.9 Å². The number of aliphatic hydroxyl groups is 1. The number of aryl methyl sites for hydroxylation is 1. The van der Waals surface area contributed by atoms with E-state index in [1.807, 2.05) is 0 Å². The van der Waals surface area contributed by atoms with Crippen LogP contribution in [0, 0.1) is 6.92 Å². The third kappa shape index (κ3) is 3.92. The van der Waals surface area contributed by atoms with Gasteiger partial charge in [0.1, 0.15) is 29.1 Å². The average molecular weight is 482 g/mol. The number of para-hydroxylation sites is 1. The SMILES string of the molecule is Cc1ccc(C2/C(=C(/O)c3c[nH]c4ccccc34)C(=O)C(=O)N2c2cccc(OC(F)(F)F)c2)o1. The molecular formula is C25H17F3N2O5. The number of Topliss-reactive ketones (excluding diaryl/α,β-unsaturated/α-hetero) is 1. The van der Waals surface area contributed by atoms with Gasteiger partial charge in [0, 0.05) is 34.4 Å². The van der Waals surface area contributed by atoms with Gasteiger partial charge < -0.3 is 19.2 Å². The molecule has 10 heteroatoms. The lowest BCUT2D eigenvalue weighted by Crippen LogP contribution is -2.29. The fourth-order valence-corrected chi connectivity index (χ4v) is 4.21. The van der Waals surface area contributed by atoms with Gasteiger partial charge in [-0.05, 0) is 37.3 Å². The Balaban J connectivity index is 1.69. The molecule has 0 bridgehead atoms. The number of carbonyl (C=O) groups excluding carboxylic acids is 2. The number of fused-ring (bicyclic) bond motifs is 1. The van der Waals surface area contributed by atoms with Crippen molar-refractivity contribution in [3.05, 3.63) is 89.5 Å². The fourth-order valence-electron chi connectivity index (χ4n) is 4.21. The molecule has 0 saturated carbocycles. The van der Waals surface area contributed by atoms with E-state index in [-0.39, 0.29) is 17.0 Å². The predicted molar refractivity (Wildman–Crippen MR) is 120 cm³/mol. The number of benzene rings is 2. The van der Waals surface area contributed by atoms with Crippen molar-refractivity contribution in [2.75, 3.05) is 4.90 Å². The van der Waals surface area contributed by atoms with Gasteiger partial charge in [0.25, 0.3) is 11.7 Å². The summed E-state index contributed by atoms with van der Waals surface area (Å²) < 4.78 is 48.0. The van der Waals surface area contributed by atoms with E-state index < -0.39 is 35.6 Å². The molecule has 1 atom stereocenters. The Bertz CT molecular complexity index is 1500. The highest BCUT2D eigenvalue weighted by molar-refractivity contribution is 6.51. The summed E-state index contributed by atoms with van der Waals surface area (Å²) in [4.78, 5) is 30.3. The topological polar surface area (TPSA) is 95.8 Å². The minimum absolute atomic E-state index is 0.0362. The van der Waals surface area contributed by atoms with E-state index in [1.165, 1.54) is 24.4 Å². The number of halogens is 3. The van der Waals surface area contributed by atoms with Crippen molar-refractivity contribution in [1.82, 2.24) is 4.98 Å². The molecule has 178 valence electrons. The summed E-state index contributed by atoms with van der Waals surface area (Å²) in [5.74, 6) is -2.41. The van der Waals surface area contributed by atoms with Crippen molar-refractivity contribution >= 4 is 34.0 Å². The molecule has 5 rings (SSSR count). The van der Waals surface area contributed by atoms with Crippen molar-refractivity contribution in [1.29, 1.82) is 0 Å². The third-order valence-corrected chi connectivity index (χ3v) is 5.65. The molecule has 1 aliphatic rings. The Labute approximate surface area is 196 Å². The number of rotatable bonds is 4. The maximum atomic E-state index is 13.2. The van der Waals surface area contributed by atoms with E-state index in [4.69, 9.17) is 4.42 Å². The molecule has 3 heterocycles. The molecule has 35 heavy (non-hydrogen) atoms. The Morgan fingerprint density at radius 3 is 2.57 bits per heavy atom. The number of hydrogen-bond acceptors (Lipinski definition) is 5. The summed E-state index contributed by atoms with van der Waals surface area (Å²) >= 11 is 0. The predicted octanol–water partition coefficient (Wildman–Crippen LogP) is 5.59. The van der Waals surface area contributed by atoms with Crippen LogP contribution in [-0.4, -0.2) is 28.1 Å². The first-order valence-corrected chi connectivity index (χ1v) is 10.4. The standard InChI is InChI=1S/C25H17F3N2O5/c1-13-9-10-19(34-13)21-20(22(31)17-12-29-18-8-3-2-7-16(17)18)23(32)24(33)30(21)14-5-4-6-15(11-14)35-25(26,27)28/h2-12,21,29,31H,1H3/b22-20-. The number of hydrogen-bond donors (Lipinski definition) is 2. The number of aliphatic hydroxyl groups excluding tert-OH is 1. The molecule has 1 saturated heterocycles. The summed E-state index contributed by atoms with van der Waals surface area (Å²) in [7, 11) is 0. The molecular weight excluding hydrogens is 465 g/mol. The van der Waals surface area contributed by atoms with Crippen LogP contribution in [0.5, 0.6) is 5.75 Å². The van der Waals surface area contributed by atoms with Crippen LogP contribution >= 0.6 is 0 Å². The minimum Gasteiger partial charge on any atom is -0.507 e. The molecule has 1 amide bonds. The second-order valence-electron chi connectivity index (χ2n) is 7.91. The number of ketones is 1. The van der Waals surface area contributed by atoms with Gasteiger partial charge in [-0.3, -0.25) is 14.5 Å². The fraction of sp³-hybridized carbons (Fsp3) is 0.120. The second-order valence-corrected chi connectivity index (χ2v) is 7.91. The van der Waals surface area contributed by atoms with Gasteiger partial charge in [-0.2, -0.15) is 0 Å². The minimum atomic E-state index is -4.94. The van der Waals surface area contributed by atoms with Gasteiger partial charge >= 0.3 is 6.36 Å². The number of anilines is 1. The number of aromatic amines is 1. The summed E-state index contributed by atoms with van der Waals surface area (Å²) in [6, 6.07) is 13.7. The van der Waals surface area contributed by atoms with Gasteiger partial charge in [0.15, 0.2) is 0 Å². The number of furan rings is 1. The highest BCUT2D eigenvalue weighted by atomic mass is 19.4. The first-order valence-electron chi connectivity index (χ1n) is 10.4. The van der Waals surface area contributed by atoms with Gasteiger partial charge in [0.05, 0.1) is 5.57 Å². The summed E-state index contributed by atoms with van der Waals surface area (Å²) in [6.07, 6.45) is -3.44. The quantitative estimate of drug-likeness (QED) is 0.225. The largest absolute Gasteiger partial charge is 0.573 e. The average Bonchev–Trinajstić information content (AvgIpc) is 3.49. The number of carbonyl (C=O) groups is 2. The Kier molecular flexibility index (Phi) is 5.16. The lowest BCUT2D eigenvalue weighted by atomic mass is 9.99. The van der Waals surface area contributed by atoms with Gasteiger partial charge in [0.2, 0.25) is 0 Å². The number of ether oxygens (including phenoxy) is 1. The second kappa shape index (κ2) is 8.08. The lowest BCUT2D eigenvalue weighted by molar-refractivity contribution is -0.274. The molecule has 1 unspecified atom stereocenters. The molecule has 1 fully saturated rings. The molecule has 0 spiro atoms. The maximum Gasteiger partial charge on any atom is 0.573 e. The molecule has 7 nitrogen and oxygen atoms in total. The van der Waals surface area contributed by atoms with Crippen LogP contribution < -0.4 is 9.64 Å². The zero-order chi connectivity index (χ0) is 24.9. The maximum absolute atomic E-state index is 13.2. The van der Waals surface area contributed by atoms with Crippen molar-refractivity contribution in [3.63, 3.8) is 0 Å². The van der Waals surface area contributed by atoms with E-state index in [9.17, 15) is 27.9 Å². The number of H-pyrrole nitrogens is 1. The molecule has 1 aliphatic heterocycles. The van der Waals surface area contributed by atoms with Crippen LogP contribution in [0.4, 0.5) is 18.9 Å². The molecule has 0 aliphatic carbocycles. The Hall–Kier alpha value is -4.47. The monoisotopic (exact) mass is 482 g/mol. The summed E-state index contributed by atoms with van der Waals surface area (Å²) in [5, 5.41) is 11.9. The molecule has 2 aromatic heterocycles. The van der Waals surface area contributed by atoms with Crippen LogP contribution in [0.3, 0.4) is 0 Å².